The summed E-state index contributed by atoms with van der Waals surface area (Å²) >= 11 is 0. The Morgan fingerprint density at radius 3 is 2.62 bits per heavy atom. The average Bonchev–Trinajstić information content (AvgIpc) is 2.74. The van der Waals surface area contributed by atoms with E-state index in [9.17, 15) is 19.7 Å². The minimum atomic E-state index is -0.876. The maximum absolute atomic E-state index is 12.1. The summed E-state index contributed by atoms with van der Waals surface area (Å²) in [7, 11) is 1.55. The average molecular weight is 295 g/mol. The van der Waals surface area contributed by atoms with Gasteiger partial charge in [0.05, 0.1) is 17.5 Å². The fourth-order valence-electron chi connectivity index (χ4n) is 2.64. The van der Waals surface area contributed by atoms with Gasteiger partial charge in [0.2, 0.25) is 0 Å². The van der Waals surface area contributed by atoms with Crippen molar-refractivity contribution in [3.05, 3.63) is 28.1 Å². The van der Waals surface area contributed by atoms with E-state index in [2.05, 4.69) is 5.32 Å². The predicted molar refractivity (Wildman–Crippen MR) is 72.9 cm³/mol. The van der Waals surface area contributed by atoms with E-state index in [0.717, 1.165) is 19.3 Å². The van der Waals surface area contributed by atoms with Crippen molar-refractivity contribution in [2.45, 2.75) is 25.7 Å². The van der Waals surface area contributed by atoms with E-state index in [1.54, 1.807) is 7.05 Å². The molecule has 0 bridgehead atoms. The Morgan fingerprint density at radius 1 is 1.52 bits per heavy atom. The van der Waals surface area contributed by atoms with Crippen LogP contribution in [-0.2, 0) is 11.8 Å². The van der Waals surface area contributed by atoms with Crippen LogP contribution < -0.4 is 5.32 Å². The van der Waals surface area contributed by atoms with Crippen LogP contribution in [0.5, 0.6) is 0 Å². The molecule has 1 aromatic heterocycles. The van der Waals surface area contributed by atoms with Crippen LogP contribution in [-0.4, -0.2) is 33.0 Å². The first-order valence-electron chi connectivity index (χ1n) is 6.64. The number of carbonyl (C=O) groups excluding carboxylic acids is 1. The predicted octanol–water partition coefficient (Wildman–Crippen LogP) is 1.31. The first-order chi connectivity index (χ1) is 9.83. The molecule has 0 aliphatic heterocycles. The third-order valence-electron chi connectivity index (χ3n) is 4.00. The van der Waals surface area contributed by atoms with Gasteiger partial charge >= 0.3 is 5.97 Å². The molecule has 114 valence electrons. The van der Waals surface area contributed by atoms with E-state index in [0.29, 0.717) is 0 Å². The van der Waals surface area contributed by atoms with Gasteiger partial charge < -0.3 is 15.0 Å². The Bertz CT molecular complexity index is 589. The van der Waals surface area contributed by atoms with Gasteiger partial charge in [-0.15, -0.1) is 0 Å². The molecule has 0 spiro atoms. The Hall–Kier alpha value is -2.38. The number of aromatic nitrogens is 1. The largest absolute Gasteiger partial charge is 0.481 e. The highest BCUT2D eigenvalue weighted by molar-refractivity contribution is 5.93. The number of aliphatic carboxylic acids is 1. The zero-order valence-electron chi connectivity index (χ0n) is 11.7. The SMILES string of the molecule is Cn1cc([N+](=O)[O-])cc1C(=O)NCC1(CC(=O)O)CCC1. The molecule has 2 N–H and O–H groups in total. The molecule has 1 heterocycles. The first kappa shape index (κ1) is 15.0. The number of carbonyl (C=O) groups is 2. The maximum atomic E-state index is 12.1. The summed E-state index contributed by atoms with van der Waals surface area (Å²) < 4.78 is 1.39. The summed E-state index contributed by atoms with van der Waals surface area (Å²) in [5, 5.41) is 22.3. The van der Waals surface area contributed by atoms with E-state index in [1.807, 2.05) is 0 Å². The number of nitrogens with one attached hydrogen (secondary N) is 1. The van der Waals surface area contributed by atoms with Crippen molar-refractivity contribution in [1.29, 1.82) is 0 Å². The molecule has 0 saturated heterocycles. The van der Waals surface area contributed by atoms with Crippen LogP contribution >= 0.6 is 0 Å². The summed E-state index contributed by atoms with van der Waals surface area (Å²) in [5.41, 5.74) is -0.337. The third-order valence-corrected chi connectivity index (χ3v) is 4.00. The number of amides is 1. The van der Waals surface area contributed by atoms with Gasteiger partial charge in [0.1, 0.15) is 5.69 Å². The van der Waals surface area contributed by atoms with Crippen LogP contribution in [0.15, 0.2) is 12.3 Å². The molecule has 1 saturated carbocycles. The van der Waals surface area contributed by atoms with Crippen molar-refractivity contribution in [3.63, 3.8) is 0 Å². The van der Waals surface area contributed by atoms with E-state index in [-0.39, 0.29) is 29.8 Å². The zero-order valence-corrected chi connectivity index (χ0v) is 11.7. The quantitative estimate of drug-likeness (QED) is 0.606. The van der Waals surface area contributed by atoms with E-state index >= 15 is 0 Å². The number of hydrogen-bond acceptors (Lipinski definition) is 4. The second-order valence-electron chi connectivity index (χ2n) is 5.56. The molecule has 1 fully saturated rings. The normalized spacial score (nSPS) is 16.0. The smallest absolute Gasteiger partial charge is 0.303 e. The van der Waals surface area contributed by atoms with E-state index in [4.69, 9.17) is 5.11 Å². The molecule has 0 radical (unpaired) electrons. The first-order valence-corrected chi connectivity index (χ1v) is 6.64. The Morgan fingerprint density at radius 2 is 2.19 bits per heavy atom. The molecule has 1 aliphatic carbocycles. The summed E-state index contributed by atoms with van der Waals surface area (Å²) in [6, 6.07) is 1.21. The van der Waals surface area contributed by atoms with Gasteiger partial charge in [-0.1, -0.05) is 6.42 Å². The van der Waals surface area contributed by atoms with Crippen molar-refractivity contribution in [2.75, 3.05) is 6.54 Å². The lowest BCUT2D eigenvalue weighted by molar-refractivity contribution is -0.384. The molecule has 1 amide bonds. The molecular weight excluding hydrogens is 278 g/mol. The summed E-state index contributed by atoms with van der Waals surface area (Å²) in [4.78, 5) is 33.1. The fourth-order valence-corrected chi connectivity index (χ4v) is 2.64. The number of carboxylic acid groups (broad SMARTS) is 1. The topological polar surface area (TPSA) is 114 Å². The van der Waals surface area contributed by atoms with Gasteiger partial charge in [-0.2, -0.15) is 0 Å². The Labute approximate surface area is 120 Å². The molecule has 1 aromatic rings. The lowest BCUT2D eigenvalue weighted by Crippen LogP contribution is -2.43. The molecular formula is C13H17N3O5. The number of nitrogens with zero attached hydrogens (tertiary/aromatic N) is 2. The molecule has 2 rings (SSSR count). The number of hydrogen-bond donors (Lipinski definition) is 2. The van der Waals surface area contributed by atoms with E-state index < -0.39 is 16.8 Å². The summed E-state index contributed by atoms with van der Waals surface area (Å²) in [6.07, 6.45) is 3.80. The maximum Gasteiger partial charge on any atom is 0.303 e. The lowest BCUT2D eigenvalue weighted by Gasteiger charge is -2.40. The van der Waals surface area contributed by atoms with Crippen LogP contribution in [0.4, 0.5) is 5.69 Å². The lowest BCUT2D eigenvalue weighted by atomic mass is 9.66. The monoisotopic (exact) mass is 295 g/mol. The van der Waals surface area contributed by atoms with Crippen molar-refractivity contribution in [3.8, 4) is 0 Å². The van der Waals surface area contributed by atoms with Gasteiger partial charge in [-0.05, 0) is 18.3 Å². The Kier molecular flexibility index (Phi) is 3.97. The number of rotatable bonds is 6. The minimum Gasteiger partial charge on any atom is -0.481 e. The molecule has 0 atom stereocenters. The van der Waals surface area contributed by atoms with Crippen LogP contribution in [0, 0.1) is 15.5 Å². The second kappa shape index (κ2) is 5.55. The molecule has 8 heteroatoms. The third kappa shape index (κ3) is 3.21. The van der Waals surface area contributed by atoms with Crippen LogP contribution in [0.25, 0.3) is 0 Å². The van der Waals surface area contributed by atoms with Crippen LogP contribution in [0.2, 0.25) is 0 Å². The Balaban J connectivity index is 2.01. The highest BCUT2D eigenvalue weighted by atomic mass is 16.6. The molecule has 8 nitrogen and oxygen atoms in total. The van der Waals surface area contributed by atoms with Crippen molar-refractivity contribution >= 4 is 17.6 Å². The second-order valence-corrected chi connectivity index (χ2v) is 5.56. The summed E-state index contributed by atoms with van der Waals surface area (Å²) in [5.74, 6) is -1.30. The highest BCUT2D eigenvalue weighted by Crippen LogP contribution is 2.43. The fraction of sp³-hybridized carbons (Fsp3) is 0.538. The highest BCUT2D eigenvalue weighted by Gasteiger charge is 2.39. The number of aryl methyl sites for hydroxylation is 1. The van der Waals surface area contributed by atoms with Crippen LogP contribution in [0.1, 0.15) is 36.2 Å². The number of nitro groups is 1. The van der Waals surface area contributed by atoms with Gasteiger partial charge in [0, 0.05) is 19.7 Å². The van der Waals surface area contributed by atoms with Crippen molar-refractivity contribution in [2.24, 2.45) is 12.5 Å². The van der Waals surface area contributed by atoms with Crippen molar-refractivity contribution < 1.29 is 19.6 Å². The molecule has 1 aliphatic rings. The van der Waals surface area contributed by atoms with E-state index in [1.165, 1.54) is 16.8 Å². The molecule has 0 unspecified atom stereocenters. The van der Waals surface area contributed by atoms with Crippen molar-refractivity contribution in [1.82, 2.24) is 9.88 Å². The standard InChI is InChI=1S/C13H17N3O5/c1-15-7-9(16(20)21)5-10(15)12(19)14-8-13(3-2-4-13)6-11(17)18/h5,7H,2-4,6,8H2,1H3,(H,14,19)(H,17,18). The zero-order chi connectivity index (χ0) is 15.6. The molecule has 21 heavy (non-hydrogen) atoms. The summed E-state index contributed by atoms with van der Waals surface area (Å²) in [6.45, 7) is 0.275. The van der Waals surface area contributed by atoms with Gasteiger partial charge in [-0.25, -0.2) is 0 Å². The van der Waals surface area contributed by atoms with Gasteiger partial charge in [0.25, 0.3) is 11.6 Å². The molecule has 0 aromatic carbocycles. The van der Waals surface area contributed by atoms with Gasteiger partial charge in [0.15, 0.2) is 0 Å². The van der Waals surface area contributed by atoms with Gasteiger partial charge in [-0.3, -0.25) is 19.7 Å². The number of carboxylic acids is 1. The minimum absolute atomic E-state index is 0.0283. The van der Waals surface area contributed by atoms with Crippen LogP contribution in [0.3, 0.4) is 0 Å².